The van der Waals surface area contributed by atoms with Crippen molar-refractivity contribution < 1.29 is 4.74 Å². The summed E-state index contributed by atoms with van der Waals surface area (Å²) in [6, 6.07) is 14.2. The third kappa shape index (κ3) is 6.80. The predicted octanol–water partition coefficient (Wildman–Crippen LogP) is 5.10. The van der Waals surface area contributed by atoms with E-state index < -0.39 is 0 Å². The Labute approximate surface area is 138 Å². The lowest BCUT2D eigenvalue weighted by atomic mass is 10.1. The highest BCUT2D eigenvalue weighted by atomic mass is 16.5. The minimum absolute atomic E-state index is 0.662. The van der Waals surface area contributed by atoms with Gasteiger partial charge in [-0.1, -0.05) is 37.1 Å². The Morgan fingerprint density at radius 1 is 0.870 bits per heavy atom. The molecule has 0 radical (unpaired) electrons. The van der Waals surface area contributed by atoms with Gasteiger partial charge in [0.05, 0.1) is 12.7 Å². The van der Waals surface area contributed by atoms with Crippen molar-refractivity contribution in [2.75, 3.05) is 6.61 Å². The summed E-state index contributed by atoms with van der Waals surface area (Å²) in [5.41, 5.74) is 2.28. The topological polar surface area (TPSA) is 45.9 Å². The molecule has 1 heterocycles. The van der Waals surface area contributed by atoms with Crippen LogP contribution in [0.5, 0.6) is 5.75 Å². The van der Waals surface area contributed by atoms with E-state index in [2.05, 4.69) is 35.3 Å². The molecule has 0 N–H and O–H groups in total. The molecule has 0 saturated heterocycles. The zero-order valence-corrected chi connectivity index (χ0v) is 13.3. The van der Waals surface area contributed by atoms with Gasteiger partial charge in [0.1, 0.15) is 5.75 Å². The molecule has 1 aromatic heterocycles. The molecule has 3 nitrogen and oxygen atoms in total. The van der Waals surface area contributed by atoms with E-state index in [9.17, 15) is 0 Å². The highest BCUT2D eigenvalue weighted by molar-refractivity contribution is 5.69. The van der Waals surface area contributed by atoms with Crippen molar-refractivity contribution in [1.82, 2.24) is 4.98 Å². The fourth-order valence-electron chi connectivity index (χ4n) is 2.19. The second-order valence-electron chi connectivity index (χ2n) is 5.35. The van der Waals surface area contributed by atoms with Gasteiger partial charge >= 0.3 is 0 Å². The highest BCUT2D eigenvalue weighted by Crippen LogP contribution is 2.15. The van der Waals surface area contributed by atoms with Gasteiger partial charge in [-0.25, -0.2) is 0 Å². The van der Waals surface area contributed by atoms with Gasteiger partial charge < -0.3 is 4.74 Å². The standard InChI is InChI=1S/C20H22N2O/c21-14-4-2-1-3-5-17-23-20-10-8-18(9-11-20)6-7-19-12-15-22-16-13-19/h6-13,15-16H,1-5,17H2/b7-6+. The SMILES string of the molecule is N#CCCCCCCOc1ccc(/C=C/c2ccncc2)cc1. The first-order valence-electron chi connectivity index (χ1n) is 8.06. The zero-order chi connectivity index (χ0) is 16.2. The maximum Gasteiger partial charge on any atom is 0.119 e. The molecule has 0 spiro atoms. The largest absolute Gasteiger partial charge is 0.494 e. The van der Waals surface area contributed by atoms with Crippen molar-refractivity contribution in [1.29, 1.82) is 5.26 Å². The first kappa shape index (κ1) is 16.8. The lowest BCUT2D eigenvalue weighted by Gasteiger charge is -2.06. The number of aromatic nitrogens is 1. The maximum atomic E-state index is 8.46. The molecular formula is C20H22N2O. The Balaban J connectivity index is 1.70. The molecule has 0 aliphatic rings. The third-order valence-corrected chi connectivity index (χ3v) is 3.51. The van der Waals surface area contributed by atoms with Crippen LogP contribution in [-0.2, 0) is 0 Å². The van der Waals surface area contributed by atoms with Crippen LogP contribution in [0.25, 0.3) is 12.2 Å². The van der Waals surface area contributed by atoms with Gasteiger partial charge in [-0.2, -0.15) is 5.26 Å². The summed E-state index contributed by atoms with van der Waals surface area (Å²) in [7, 11) is 0. The molecule has 3 heteroatoms. The molecule has 1 aromatic carbocycles. The van der Waals surface area contributed by atoms with Crippen LogP contribution in [0.3, 0.4) is 0 Å². The molecule has 0 saturated carbocycles. The van der Waals surface area contributed by atoms with E-state index in [1.54, 1.807) is 12.4 Å². The molecule has 0 amide bonds. The first-order chi connectivity index (χ1) is 11.4. The number of ether oxygens (including phenoxy) is 1. The first-order valence-corrected chi connectivity index (χ1v) is 8.06. The van der Waals surface area contributed by atoms with Gasteiger partial charge in [-0.15, -0.1) is 0 Å². The fraction of sp³-hybridized carbons (Fsp3) is 0.300. The van der Waals surface area contributed by atoms with Crippen LogP contribution in [0.1, 0.15) is 43.2 Å². The van der Waals surface area contributed by atoms with Crippen molar-refractivity contribution in [3.63, 3.8) is 0 Å². The average Bonchev–Trinajstić information content (AvgIpc) is 2.61. The fourth-order valence-corrected chi connectivity index (χ4v) is 2.19. The van der Waals surface area contributed by atoms with E-state index in [1.165, 1.54) is 0 Å². The summed E-state index contributed by atoms with van der Waals surface area (Å²) in [4.78, 5) is 4.00. The van der Waals surface area contributed by atoms with Crippen LogP contribution in [0.2, 0.25) is 0 Å². The van der Waals surface area contributed by atoms with Crippen molar-refractivity contribution in [3.05, 3.63) is 59.9 Å². The maximum absolute atomic E-state index is 8.46. The predicted molar refractivity (Wildman–Crippen MR) is 93.8 cm³/mol. The molecule has 118 valence electrons. The van der Waals surface area contributed by atoms with E-state index >= 15 is 0 Å². The number of nitriles is 1. The summed E-state index contributed by atoms with van der Waals surface area (Å²) >= 11 is 0. The summed E-state index contributed by atoms with van der Waals surface area (Å²) in [6.45, 7) is 0.735. The number of hydrogen-bond acceptors (Lipinski definition) is 3. The monoisotopic (exact) mass is 306 g/mol. The Bertz CT molecular complexity index is 627. The van der Waals surface area contributed by atoms with E-state index in [-0.39, 0.29) is 0 Å². The van der Waals surface area contributed by atoms with Gasteiger partial charge in [0, 0.05) is 18.8 Å². The zero-order valence-electron chi connectivity index (χ0n) is 13.3. The van der Waals surface area contributed by atoms with Crippen molar-refractivity contribution >= 4 is 12.2 Å². The Hall–Kier alpha value is -2.60. The lowest BCUT2D eigenvalue weighted by Crippen LogP contribution is -1.97. The van der Waals surface area contributed by atoms with Crippen molar-refractivity contribution in [2.24, 2.45) is 0 Å². The van der Waals surface area contributed by atoms with Crippen LogP contribution < -0.4 is 4.74 Å². The molecule has 2 aromatic rings. The van der Waals surface area contributed by atoms with Gasteiger partial charge in [-0.05, 0) is 48.2 Å². The summed E-state index contributed by atoms with van der Waals surface area (Å²) < 4.78 is 5.73. The van der Waals surface area contributed by atoms with E-state index in [1.807, 2.05) is 24.3 Å². The molecule has 0 unspecified atom stereocenters. The Kier molecular flexibility index (Phi) is 7.42. The van der Waals surface area contributed by atoms with Crippen LogP contribution in [0.15, 0.2) is 48.8 Å². The summed E-state index contributed by atoms with van der Waals surface area (Å²) in [5.74, 6) is 0.906. The van der Waals surface area contributed by atoms with Gasteiger partial charge in [-0.3, -0.25) is 4.98 Å². The third-order valence-electron chi connectivity index (χ3n) is 3.51. The number of nitrogens with zero attached hydrogens (tertiary/aromatic N) is 2. The molecule has 2 rings (SSSR count). The number of rotatable bonds is 9. The molecule has 0 bridgehead atoms. The smallest absolute Gasteiger partial charge is 0.119 e. The van der Waals surface area contributed by atoms with E-state index in [0.29, 0.717) is 6.42 Å². The second kappa shape index (κ2) is 10.2. The molecule has 0 atom stereocenters. The van der Waals surface area contributed by atoms with Crippen LogP contribution in [0.4, 0.5) is 0 Å². The molecular weight excluding hydrogens is 284 g/mol. The minimum atomic E-state index is 0.662. The van der Waals surface area contributed by atoms with Gasteiger partial charge in [0.25, 0.3) is 0 Å². The highest BCUT2D eigenvalue weighted by Gasteiger charge is 1.95. The van der Waals surface area contributed by atoms with E-state index in [4.69, 9.17) is 10.00 Å². The van der Waals surface area contributed by atoms with E-state index in [0.717, 1.165) is 49.2 Å². The molecule has 23 heavy (non-hydrogen) atoms. The summed E-state index contributed by atoms with van der Waals surface area (Å²) in [6.07, 6.45) is 12.6. The Morgan fingerprint density at radius 3 is 2.22 bits per heavy atom. The molecule has 0 aliphatic carbocycles. The second-order valence-corrected chi connectivity index (χ2v) is 5.35. The molecule has 0 fully saturated rings. The quantitative estimate of drug-likeness (QED) is 0.605. The minimum Gasteiger partial charge on any atom is -0.494 e. The Morgan fingerprint density at radius 2 is 1.52 bits per heavy atom. The van der Waals surface area contributed by atoms with Crippen LogP contribution >= 0.6 is 0 Å². The normalized spacial score (nSPS) is 10.6. The number of pyridine rings is 1. The lowest BCUT2D eigenvalue weighted by molar-refractivity contribution is 0.305. The van der Waals surface area contributed by atoms with Gasteiger partial charge in [0.2, 0.25) is 0 Å². The average molecular weight is 306 g/mol. The molecule has 0 aliphatic heterocycles. The number of unbranched alkanes of at least 4 members (excludes halogenated alkanes) is 4. The number of hydrogen-bond donors (Lipinski definition) is 0. The van der Waals surface area contributed by atoms with Crippen LogP contribution in [0, 0.1) is 11.3 Å². The van der Waals surface area contributed by atoms with Crippen molar-refractivity contribution in [2.45, 2.75) is 32.1 Å². The van der Waals surface area contributed by atoms with Crippen LogP contribution in [-0.4, -0.2) is 11.6 Å². The van der Waals surface area contributed by atoms with Crippen molar-refractivity contribution in [3.8, 4) is 11.8 Å². The summed E-state index contributed by atoms with van der Waals surface area (Å²) in [5, 5.41) is 8.46. The van der Waals surface area contributed by atoms with Gasteiger partial charge in [0.15, 0.2) is 0 Å². The number of benzene rings is 1.